The van der Waals surface area contributed by atoms with Gasteiger partial charge >= 0.3 is 0 Å². The van der Waals surface area contributed by atoms with Crippen LogP contribution in [-0.2, 0) is 0 Å². The summed E-state index contributed by atoms with van der Waals surface area (Å²) >= 11 is 3.36. The Morgan fingerprint density at radius 3 is 2.45 bits per heavy atom. The maximum Gasteiger partial charge on any atom is 0.137 e. The van der Waals surface area contributed by atoms with Crippen LogP contribution < -0.4 is 5.32 Å². The summed E-state index contributed by atoms with van der Waals surface area (Å²) in [6, 6.07) is 6.04. The molecule has 22 heavy (non-hydrogen) atoms. The Hall–Kier alpha value is -0.160. The third-order valence-electron chi connectivity index (χ3n) is 4.93. The summed E-state index contributed by atoms with van der Waals surface area (Å²) in [7, 11) is 0. The molecular weight excluding hydrogens is 367 g/mol. The van der Waals surface area contributed by atoms with Crippen LogP contribution in [0, 0.1) is 11.7 Å². The molecule has 1 atom stereocenters. The van der Waals surface area contributed by atoms with Gasteiger partial charge in [-0.1, -0.05) is 25.3 Å². The fourth-order valence-corrected chi connectivity index (χ4v) is 4.28. The lowest BCUT2D eigenvalue weighted by Crippen LogP contribution is -2.47. The van der Waals surface area contributed by atoms with E-state index in [2.05, 4.69) is 26.1 Å². The molecule has 124 valence electrons. The van der Waals surface area contributed by atoms with E-state index >= 15 is 0 Å². The van der Waals surface area contributed by atoms with E-state index in [-0.39, 0.29) is 18.2 Å². The van der Waals surface area contributed by atoms with Crippen molar-refractivity contribution in [3.05, 3.63) is 34.1 Å². The van der Waals surface area contributed by atoms with Crippen LogP contribution in [0.3, 0.4) is 0 Å². The maximum absolute atomic E-state index is 13.6. The van der Waals surface area contributed by atoms with Crippen LogP contribution in [0.15, 0.2) is 22.7 Å². The molecule has 2 aliphatic rings. The van der Waals surface area contributed by atoms with Gasteiger partial charge in [0, 0.05) is 32.2 Å². The quantitative estimate of drug-likeness (QED) is 0.814. The summed E-state index contributed by atoms with van der Waals surface area (Å²) in [5.41, 5.74) is 1.28. The number of hydrogen-bond donors (Lipinski definition) is 1. The molecule has 0 spiro atoms. The van der Waals surface area contributed by atoms with E-state index in [4.69, 9.17) is 0 Å². The second kappa shape index (κ2) is 8.62. The molecule has 1 aromatic carbocycles. The van der Waals surface area contributed by atoms with Crippen LogP contribution in [0.2, 0.25) is 0 Å². The van der Waals surface area contributed by atoms with Crippen molar-refractivity contribution in [3.8, 4) is 0 Å². The summed E-state index contributed by atoms with van der Waals surface area (Å²) in [6.45, 7) is 4.31. The van der Waals surface area contributed by atoms with Gasteiger partial charge in [-0.05, 0) is 52.4 Å². The third kappa shape index (κ3) is 4.22. The lowest BCUT2D eigenvalue weighted by molar-refractivity contribution is 0.103. The van der Waals surface area contributed by atoms with Crippen LogP contribution in [-0.4, -0.2) is 31.1 Å². The van der Waals surface area contributed by atoms with Crippen molar-refractivity contribution in [1.82, 2.24) is 10.2 Å². The van der Waals surface area contributed by atoms with E-state index in [1.165, 1.54) is 37.7 Å². The Balaban J connectivity index is 0.00000176. The first-order valence-electron chi connectivity index (χ1n) is 8.15. The van der Waals surface area contributed by atoms with Crippen molar-refractivity contribution in [2.24, 2.45) is 5.92 Å². The van der Waals surface area contributed by atoms with Crippen molar-refractivity contribution in [1.29, 1.82) is 0 Å². The highest BCUT2D eigenvalue weighted by Gasteiger charge is 2.31. The summed E-state index contributed by atoms with van der Waals surface area (Å²) in [4.78, 5) is 2.60. The summed E-state index contributed by atoms with van der Waals surface area (Å²) in [5, 5.41) is 3.43. The van der Waals surface area contributed by atoms with Gasteiger partial charge in [-0.25, -0.2) is 4.39 Å². The fourth-order valence-electron chi connectivity index (χ4n) is 3.89. The first-order valence-corrected chi connectivity index (χ1v) is 8.95. The van der Waals surface area contributed by atoms with E-state index in [1.54, 1.807) is 6.07 Å². The lowest BCUT2D eigenvalue weighted by atomic mass is 9.80. The van der Waals surface area contributed by atoms with Crippen LogP contribution in [0.25, 0.3) is 0 Å². The molecule has 1 heterocycles. The van der Waals surface area contributed by atoms with Crippen LogP contribution in [0.5, 0.6) is 0 Å². The van der Waals surface area contributed by atoms with E-state index < -0.39 is 0 Å². The first-order chi connectivity index (χ1) is 10.3. The van der Waals surface area contributed by atoms with Gasteiger partial charge < -0.3 is 5.32 Å². The number of benzene rings is 1. The zero-order valence-corrected chi connectivity index (χ0v) is 15.3. The molecule has 1 aliphatic heterocycles. The molecule has 2 nitrogen and oxygen atoms in total. The van der Waals surface area contributed by atoms with E-state index in [9.17, 15) is 4.39 Å². The molecule has 0 amide bonds. The van der Waals surface area contributed by atoms with E-state index in [1.807, 2.05) is 12.1 Å². The van der Waals surface area contributed by atoms with Gasteiger partial charge in [0.1, 0.15) is 5.82 Å². The van der Waals surface area contributed by atoms with E-state index in [0.29, 0.717) is 16.4 Å². The summed E-state index contributed by atoms with van der Waals surface area (Å²) in [6.07, 6.45) is 6.68. The van der Waals surface area contributed by atoms with Crippen molar-refractivity contribution in [2.45, 2.75) is 38.1 Å². The summed E-state index contributed by atoms with van der Waals surface area (Å²) in [5.74, 6) is 0.552. The van der Waals surface area contributed by atoms with Crippen LogP contribution in [0.1, 0.15) is 43.7 Å². The monoisotopic (exact) mass is 390 g/mol. The van der Waals surface area contributed by atoms with Gasteiger partial charge in [-0.15, -0.1) is 12.4 Å². The Kier molecular flexibility index (Phi) is 7.13. The molecule has 2 fully saturated rings. The van der Waals surface area contributed by atoms with Gasteiger partial charge in [0.2, 0.25) is 0 Å². The molecule has 1 saturated heterocycles. The van der Waals surface area contributed by atoms with Gasteiger partial charge in [0.15, 0.2) is 0 Å². The van der Waals surface area contributed by atoms with Gasteiger partial charge in [0.25, 0.3) is 0 Å². The molecule has 1 saturated carbocycles. The molecule has 1 N–H and O–H groups in total. The molecule has 1 aliphatic carbocycles. The fraction of sp³-hybridized carbons (Fsp3) is 0.647. The number of rotatable bonds is 3. The first kappa shape index (κ1) is 18.2. The van der Waals surface area contributed by atoms with Gasteiger partial charge in [-0.3, -0.25) is 4.90 Å². The van der Waals surface area contributed by atoms with Gasteiger partial charge in [0.05, 0.1) is 4.47 Å². The molecular formula is C17H25BrClFN2. The smallest absolute Gasteiger partial charge is 0.137 e. The number of nitrogens with zero attached hydrogens (tertiary/aromatic N) is 1. The largest absolute Gasteiger partial charge is 0.314 e. The Morgan fingerprint density at radius 1 is 1.14 bits per heavy atom. The van der Waals surface area contributed by atoms with Crippen molar-refractivity contribution in [2.75, 3.05) is 26.2 Å². The number of halogens is 3. The van der Waals surface area contributed by atoms with Gasteiger partial charge in [-0.2, -0.15) is 0 Å². The molecule has 1 aromatic rings. The predicted octanol–water partition coefficient (Wildman–Crippen LogP) is 4.54. The number of nitrogens with one attached hydrogen (secondary N) is 1. The normalized spacial score (nSPS) is 22.1. The minimum absolute atomic E-state index is 0. The standard InChI is InChI=1S/C17H24BrFN2.ClH/c18-15-12-14(6-7-16(15)19)17(13-4-2-1-3-5-13)21-10-8-20-9-11-21;/h6-7,12-13,17,20H,1-5,8-11H2;1H/t17-;/m0./s1. The average molecular weight is 392 g/mol. The van der Waals surface area contributed by atoms with E-state index in [0.717, 1.165) is 26.2 Å². The zero-order valence-electron chi connectivity index (χ0n) is 12.9. The topological polar surface area (TPSA) is 15.3 Å². The number of hydrogen-bond acceptors (Lipinski definition) is 2. The van der Waals surface area contributed by atoms with Crippen LogP contribution in [0.4, 0.5) is 4.39 Å². The SMILES string of the molecule is Cl.Fc1ccc([C@H](C2CCCCC2)N2CCNCC2)cc1Br. The minimum atomic E-state index is -0.165. The lowest BCUT2D eigenvalue weighted by Gasteiger charge is -2.41. The molecule has 0 radical (unpaired) electrons. The molecule has 0 unspecified atom stereocenters. The highest BCUT2D eigenvalue weighted by molar-refractivity contribution is 9.10. The molecule has 0 aromatic heterocycles. The Morgan fingerprint density at radius 2 is 1.82 bits per heavy atom. The second-order valence-electron chi connectivity index (χ2n) is 6.30. The maximum atomic E-state index is 13.6. The van der Waals surface area contributed by atoms with Crippen molar-refractivity contribution >= 4 is 28.3 Å². The molecule has 3 rings (SSSR count). The Bertz CT molecular complexity index is 456. The third-order valence-corrected chi connectivity index (χ3v) is 5.53. The average Bonchev–Trinajstić information content (AvgIpc) is 2.53. The second-order valence-corrected chi connectivity index (χ2v) is 7.16. The summed E-state index contributed by atoms with van der Waals surface area (Å²) < 4.78 is 14.2. The molecule has 5 heteroatoms. The van der Waals surface area contributed by atoms with Crippen molar-refractivity contribution < 1.29 is 4.39 Å². The number of piperazine rings is 1. The van der Waals surface area contributed by atoms with Crippen LogP contribution >= 0.6 is 28.3 Å². The Labute approximate surface area is 147 Å². The molecule has 0 bridgehead atoms. The van der Waals surface area contributed by atoms with Crippen molar-refractivity contribution in [3.63, 3.8) is 0 Å². The highest BCUT2D eigenvalue weighted by atomic mass is 79.9. The predicted molar refractivity (Wildman–Crippen MR) is 95.1 cm³/mol. The zero-order chi connectivity index (χ0) is 14.7. The minimum Gasteiger partial charge on any atom is -0.314 e. The highest BCUT2D eigenvalue weighted by Crippen LogP contribution is 2.39.